The summed E-state index contributed by atoms with van der Waals surface area (Å²) in [6.07, 6.45) is 4.22. The van der Waals surface area contributed by atoms with E-state index in [9.17, 15) is 9.90 Å². The number of carboxylic acid groups (broad SMARTS) is 1. The van der Waals surface area contributed by atoms with Crippen molar-refractivity contribution >= 4 is 5.97 Å². The average Bonchev–Trinajstić information content (AvgIpc) is 2.45. The Bertz CT molecular complexity index is 414. The highest BCUT2D eigenvalue weighted by molar-refractivity contribution is 5.71. The Balaban J connectivity index is 2.72. The van der Waals surface area contributed by atoms with Gasteiger partial charge in [-0.2, -0.15) is 0 Å². The van der Waals surface area contributed by atoms with E-state index in [2.05, 4.69) is 6.92 Å². The smallest absolute Gasteiger partial charge is 0.306 e. The van der Waals surface area contributed by atoms with Crippen molar-refractivity contribution in [3.8, 4) is 5.75 Å². The first kappa shape index (κ1) is 16.5. The monoisotopic (exact) mass is 278 g/mol. The molecule has 0 unspecified atom stereocenters. The van der Waals surface area contributed by atoms with Crippen LogP contribution in [0.3, 0.4) is 0 Å². The van der Waals surface area contributed by atoms with Crippen molar-refractivity contribution in [2.45, 2.75) is 52.4 Å². The van der Waals surface area contributed by atoms with E-state index in [0.29, 0.717) is 0 Å². The molecule has 0 bridgehead atoms. The topological polar surface area (TPSA) is 46.5 Å². The van der Waals surface area contributed by atoms with Gasteiger partial charge in [0.25, 0.3) is 0 Å². The zero-order valence-corrected chi connectivity index (χ0v) is 12.8. The second-order valence-electron chi connectivity index (χ2n) is 5.27. The Hall–Kier alpha value is -1.51. The molecule has 112 valence electrons. The van der Waals surface area contributed by atoms with Crippen LogP contribution in [0.5, 0.6) is 5.75 Å². The van der Waals surface area contributed by atoms with Gasteiger partial charge in [0.05, 0.1) is 12.5 Å². The molecule has 0 aliphatic rings. The fraction of sp³-hybridized carbons (Fsp3) is 0.588. The maximum absolute atomic E-state index is 11.2. The van der Waals surface area contributed by atoms with Gasteiger partial charge in [-0.3, -0.25) is 4.79 Å². The van der Waals surface area contributed by atoms with Crippen molar-refractivity contribution in [1.82, 2.24) is 0 Å². The second-order valence-corrected chi connectivity index (χ2v) is 5.27. The Morgan fingerprint density at radius 3 is 2.65 bits per heavy atom. The lowest BCUT2D eigenvalue weighted by Crippen LogP contribution is -2.18. The average molecular weight is 278 g/mol. The first-order valence-electron chi connectivity index (χ1n) is 7.55. The molecule has 0 saturated carbocycles. The Morgan fingerprint density at radius 1 is 1.30 bits per heavy atom. The lowest BCUT2D eigenvalue weighted by atomic mass is 9.85. The van der Waals surface area contributed by atoms with Crippen molar-refractivity contribution in [1.29, 1.82) is 0 Å². The molecule has 2 atom stereocenters. The quantitative estimate of drug-likeness (QED) is 0.678. The zero-order valence-electron chi connectivity index (χ0n) is 12.8. The van der Waals surface area contributed by atoms with Crippen LogP contribution < -0.4 is 4.74 Å². The summed E-state index contributed by atoms with van der Waals surface area (Å²) in [6.45, 7) is 6.69. The molecule has 0 radical (unpaired) electrons. The fourth-order valence-corrected chi connectivity index (χ4v) is 2.43. The van der Waals surface area contributed by atoms with E-state index in [-0.39, 0.29) is 11.8 Å². The van der Waals surface area contributed by atoms with E-state index in [1.54, 1.807) is 6.92 Å². The largest absolute Gasteiger partial charge is 0.494 e. The van der Waals surface area contributed by atoms with E-state index in [4.69, 9.17) is 4.74 Å². The van der Waals surface area contributed by atoms with Crippen molar-refractivity contribution in [3.05, 3.63) is 29.8 Å². The first-order chi connectivity index (χ1) is 9.60. The molecule has 3 heteroatoms. The first-order valence-corrected chi connectivity index (χ1v) is 7.55. The number of rotatable bonds is 9. The van der Waals surface area contributed by atoms with Gasteiger partial charge in [0.2, 0.25) is 0 Å². The Morgan fingerprint density at radius 2 is 2.05 bits per heavy atom. The van der Waals surface area contributed by atoms with Gasteiger partial charge < -0.3 is 9.84 Å². The molecule has 1 rings (SSSR count). The molecular weight excluding hydrogens is 252 g/mol. The normalized spacial score (nSPS) is 13.8. The van der Waals surface area contributed by atoms with Crippen LogP contribution >= 0.6 is 0 Å². The maximum Gasteiger partial charge on any atom is 0.306 e. The third-order valence-corrected chi connectivity index (χ3v) is 3.74. The highest BCUT2D eigenvalue weighted by Gasteiger charge is 2.23. The Labute approximate surface area is 122 Å². The van der Waals surface area contributed by atoms with Crippen LogP contribution in [0.15, 0.2) is 24.3 Å². The maximum atomic E-state index is 11.2. The predicted octanol–water partition coefficient (Wildman–Crippen LogP) is 4.47. The van der Waals surface area contributed by atoms with E-state index >= 15 is 0 Å². The molecule has 0 saturated heterocycles. The van der Waals surface area contributed by atoms with Gasteiger partial charge in [-0.15, -0.1) is 0 Å². The standard InChI is InChI=1S/C17H26O3/c1-4-6-7-11-20-15-10-8-9-14(12-15)16(5-2)13(3)17(18)19/h8-10,12-13,16H,4-7,11H2,1-3H3,(H,18,19)/t13-,16+/m1/s1. The number of ether oxygens (including phenoxy) is 1. The van der Waals surface area contributed by atoms with Crippen LogP contribution in [0.25, 0.3) is 0 Å². The predicted molar refractivity (Wildman–Crippen MR) is 81.3 cm³/mol. The molecule has 0 aliphatic heterocycles. The number of carbonyl (C=O) groups is 1. The molecular formula is C17H26O3. The number of benzene rings is 1. The summed E-state index contributed by atoms with van der Waals surface area (Å²) in [4.78, 5) is 11.2. The van der Waals surface area contributed by atoms with Gasteiger partial charge in [0.1, 0.15) is 5.75 Å². The SMILES string of the molecule is CCCCCOc1cccc([C@@H](CC)[C@@H](C)C(=O)O)c1. The van der Waals surface area contributed by atoms with Gasteiger partial charge in [-0.05, 0) is 36.5 Å². The molecule has 1 aromatic rings. The van der Waals surface area contributed by atoms with Gasteiger partial charge >= 0.3 is 5.97 Å². The van der Waals surface area contributed by atoms with Gasteiger partial charge in [0, 0.05) is 0 Å². The zero-order chi connectivity index (χ0) is 15.0. The molecule has 0 spiro atoms. The van der Waals surface area contributed by atoms with E-state index in [0.717, 1.165) is 30.8 Å². The van der Waals surface area contributed by atoms with Crippen molar-refractivity contribution in [2.75, 3.05) is 6.61 Å². The second kappa shape index (κ2) is 8.62. The van der Waals surface area contributed by atoms with Crippen LogP contribution in [-0.2, 0) is 4.79 Å². The summed E-state index contributed by atoms with van der Waals surface area (Å²) in [5.74, 6) is -0.247. The molecule has 0 heterocycles. The minimum Gasteiger partial charge on any atom is -0.494 e. The summed E-state index contributed by atoms with van der Waals surface area (Å²) in [5, 5.41) is 9.18. The summed E-state index contributed by atoms with van der Waals surface area (Å²) in [7, 11) is 0. The molecule has 20 heavy (non-hydrogen) atoms. The number of aliphatic carboxylic acids is 1. The lowest BCUT2D eigenvalue weighted by Gasteiger charge is -2.20. The molecule has 0 amide bonds. The van der Waals surface area contributed by atoms with Gasteiger partial charge in [0.15, 0.2) is 0 Å². The molecule has 1 aromatic carbocycles. The summed E-state index contributed by atoms with van der Waals surface area (Å²) >= 11 is 0. The number of unbranched alkanes of at least 4 members (excludes halogenated alkanes) is 2. The minimum atomic E-state index is -0.744. The van der Waals surface area contributed by atoms with E-state index in [1.165, 1.54) is 12.8 Å². The molecule has 3 nitrogen and oxygen atoms in total. The van der Waals surface area contributed by atoms with Crippen molar-refractivity contribution < 1.29 is 14.6 Å². The van der Waals surface area contributed by atoms with Crippen LogP contribution in [0.2, 0.25) is 0 Å². The lowest BCUT2D eigenvalue weighted by molar-refractivity contribution is -0.141. The van der Waals surface area contributed by atoms with Crippen LogP contribution in [0.1, 0.15) is 57.9 Å². The molecule has 0 fully saturated rings. The number of carboxylic acids is 1. The summed E-state index contributed by atoms with van der Waals surface area (Å²) < 4.78 is 5.74. The van der Waals surface area contributed by atoms with Crippen LogP contribution in [0, 0.1) is 5.92 Å². The third kappa shape index (κ3) is 4.87. The van der Waals surface area contributed by atoms with Gasteiger partial charge in [-0.1, -0.05) is 45.7 Å². The van der Waals surface area contributed by atoms with Crippen molar-refractivity contribution in [2.24, 2.45) is 5.92 Å². The van der Waals surface area contributed by atoms with Crippen LogP contribution in [-0.4, -0.2) is 17.7 Å². The van der Waals surface area contributed by atoms with E-state index < -0.39 is 5.97 Å². The molecule has 0 aliphatic carbocycles. The Kier molecular flexibility index (Phi) is 7.13. The van der Waals surface area contributed by atoms with Crippen LogP contribution in [0.4, 0.5) is 0 Å². The van der Waals surface area contributed by atoms with Gasteiger partial charge in [-0.25, -0.2) is 0 Å². The third-order valence-electron chi connectivity index (χ3n) is 3.74. The summed E-state index contributed by atoms with van der Waals surface area (Å²) in [6, 6.07) is 7.86. The molecule has 1 N–H and O–H groups in total. The summed E-state index contributed by atoms with van der Waals surface area (Å²) in [5.41, 5.74) is 1.05. The minimum absolute atomic E-state index is 0.0340. The molecule has 0 aromatic heterocycles. The number of hydrogen-bond acceptors (Lipinski definition) is 2. The van der Waals surface area contributed by atoms with E-state index in [1.807, 2.05) is 31.2 Å². The fourth-order valence-electron chi connectivity index (χ4n) is 2.43. The number of hydrogen-bond donors (Lipinski definition) is 1. The van der Waals surface area contributed by atoms with Crippen molar-refractivity contribution in [3.63, 3.8) is 0 Å². The highest BCUT2D eigenvalue weighted by atomic mass is 16.5. The highest BCUT2D eigenvalue weighted by Crippen LogP contribution is 2.30.